The number of halogens is 5. The van der Waals surface area contributed by atoms with Crippen LogP contribution in [0.5, 0.6) is 0 Å². The molecule has 0 fully saturated rings. The zero-order valence-corrected chi connectivity index (χ0v) is 34.2. The number of nitrogens with zero attached hydrogens (tertiary/aromatic N) is 6. The summed E-state index contributed by atoms with van der Waals surface area (Å²) in [4.78, 5) is 20.7. The molecule has 0 atom stereocenters. The molecule has 0 unspecified atom stereocenters. The smallest absolute Gasteiger partial charge is 0.155 e. The van der Waals surface area contributed by atoms with E-state index in [1.807, 2.05) is 37.3 Å². The lowest BCUT2D eigenvalue weighted by atomic mass is 9.83. The molecule has 0 amide bonds. The number of aromatic nitrogens is 4. The molecule has 1 aliphatic heterocycles. The van der Waals surface area contributed by atoms with Crippen LogP contribution in [-0.2, 0) is 5.41 Å². The zero-order chi connectivity index (χ0) is 34.9. The Hall–Kier alpha value is -2.18. The van der Waals surface area contributed by atoms with Gasteiger partial charge in [-0.3, -0.25) is 17.1 Å². The molecule has 8 N–H and O–H groups in total. The van der Waals surface area contributed by atoms with Crippen LogP contribution in [0.3, 0.4) is 0 Å². The van der Waals surface area contributed by atoms with E-state index in [-0.39, 0.29) is 5.41 Å². The molecule has 0 saturated heterocycles. The lowest BCUT2D eigenvalue weighted by Gasteiger charge is -2.19. The van der Waals surface area contributed by atoms with Crippen molar-refractivity contribution in [2.24, 2.45) is 33.5 Å². The molecule has 248 valence electrons. The second-order valence-electron chi connectivity index (χ2n) is 10.0. The third-order valence-electron chi connectivity index (χ3n) is 6.16. The molecule has 0 radical (unpaired) electrons. The molecule has 0 aromatic carbocycles. The van der Waals surface area contributed by atoms with E-state index in [0.29, 0.717) is 11.7 Å². The van der Waals surface area contributed by atoms with Crippen LogP contribution in [-0.4, -0.2) is 31.4 Å². The number of rotatable bonds is 4. The number of nitrogens with one attached hydrogen (secondary N) is 2. The number of nitrogens with two attached hydrogens (primary N) is 3. The van der Waals surface area contributed by atoms with E-state index in [0.717, 1.165) is 45.6 Å². The number of pyridine rings is 4. The van der Waals surface area contributed by atoms with Crippen molar-refractivity contribution in [1.29, 1.82) is 0 Å². The number of hydrazone groups is 1. The van der Waals surface area contributed by atoms with Crippen LogP contribution in [0.25, 0.3) is 0 Å². The number of hydrogen-bond donors (Lipinski definition) is 5. The molecular weight excluding hydrogens is 914 g/mol. The standard InChI is InChI=1S/C10H14BrN3.C10H11BrN2.C5H3Br2N.C5H6BrN3.H4N2/c1-7(2)8(3)13-14-10-5-4-9(11)6-12-10;1-6-10(2,3)8-4-7(11)5-12-9(8)13-6;6-4-1-2-5(7)8-3-4;6-4-1-2-5(9-7)8-3-4;1-2/h4-7H,1-3H3,(H,12,14);4-5H,1-3H3;1-3H;1-3H,7H2,(H,8,9);1-2H2/b13-8+;;;;. The Balaban J connectivity index is 0.000000308. The number of fused-ring (bicyclic) bond motifs is 1. The molecule has 0 aliphatic carbocycles. The number of aliphatic imine (C=N–C) groups is 1. The number of nitrogen functional groups attached to an aromatic ring is 1. The van der Waals surface area contributed by atoms with Gasteiger partial charge in [0.15, 0.2) is 5.82 Å². The predicted octanol–water partition coefficient (Wildman–Crippen LogP) is 9.07. The summed E-state index contributed by atoms with van der Waals surface area (Å²) in [5.74, 6) is 15.8. The minimum absolute atomic E-state index is 0.0338. The van der Waals surface area contributed by atoms with Crippen molar-refractivity contribution in [1.82, 2.24) is 19.9 Å². The maximum Gasteiger partial charge on any atom is 0.155 e. The van der Waals surface area contributed by atoms with Crippen molar-refractivity contribution in [3.05, 3.63) is 95.3 Å². The lowest BCUT2D eigenvalue weighted by Crippen LogP contribution is -2.22. The van der Waals surface area contributed by atoms with Gasteiger partial charge in [-0.25, -0.2) is 30.8 Å². The van der Waals surface area contributed by atoms with Crippen LogP contribution < -0.4 is 28.4 Å². The van der Waals surface area contributed by atoms with Crippen molar-refractivity contribution in [3.63, 3.8) is 0 Å². The Bertz CT molecular complexity index is 1510. The zero-order valence-electron chi connectivity index (χ0n) is 26.2. The van der Waals surface area contributed by atoms with Crippen LogP contribution in [0.1, 0.15) is 47.1 Å². The van der Waals surface area contributed by atoms with Gasteiger partial charge in [-0.2, -0.15) is 5.10 Å². The topological polar surface area (TPSA) is 178 Å². The highest BCUT2D eigenvalue weighted by Gasteiger charge is 2.33. The summed E-state index contributed by atoms with van der Waals surface area (Å²) in [5.41, 5.74) is 8.77. The molecule has 0 spiro atoms. The van der Waals surface area contributed by atoms with Gasteiger partial charge in [-0.05, 0) is 142 Å². The van der Waals surface area contributed by atoms with Crippen LogP contribution in [0.4, 0.5) is 17.5 Å². The average molecular weight is 952 g/mol. The molecule has 1 aliphatic rings. The van der Waals surface area contributed by atoms with Gasteiger partial charge in [-0.1, -0.05) is 27.7 Å². The molecule has 0 saturated carbocycles. The Morgan fingerprint density at radius 3 is 1.70 bits per heavy atom. The fourth-order valence-corrected chi connectivity index (χ4v) is 4.28. The number of hydrogen-bond acceptors (Lipinski definition) is 11. The molecule has 4 aromatic rings. The first-order valence-corrected chi connectivity index (χ1v) is 17.5. The van der Waals surface area contributed by atoms with E-state index in [4.69, 9.17) is 5.84 Å². The molecule has 46 heavy (non-hydrogen) atoms. The first-order chi connectivity index (χ1) is 21.7. The summed E-state index contributed by atoms with van der Waals surface area (Å²) in [6.07, 6.45) is 6.94. The van der Waals surface area contributed by atoms with Gasteiger partial charge in [0, 0.05) is 65.1 Å². The Morgan fingerprint density at radius 2 is 1.26 bits per heavy atom. The minimum atomic E-state index is 0.0338. The minimum Gasteiger partial charge on any atom is -0.308 e. The SMILES string of the molecule is Brc1ccc(Br)nc1.C/C(=N\Nc1ccc(Br)cn1)C(C)C.CC1=Nc2ncc(Br)cc2C1(C)C.NN.NNc1ccc(Br)cn1. The lowest BCUT2D eigenvalue weighted by molar-refractivity contribution is 0.730. The van der Waals surface area contributed by atoms with Gasteiger partial charge in [0.2, 0.25) is 0 Å². The van der Waals surface area contributed by atoms with Gasteiger partial charge < -0.3 is 5.43 Å². The summed E-state index contributed by atoms with van der Waals surface area (Å²) < 4.78 is 4.79. The van der Waals surface area contributed by atoms with Crippen molar-refractivity contribution in [2.45, 2.75) is 47.0 Å². The summed E-state index contributed by atoms with van der Waals surface area (Å²) in [6, 6.07) is 13.4. The highest BCUT2D eigenvalue weighted by Crippen LogP contribution is 2.39. The van der Waals surface area contributed by atoms with Crippen molar-refractivity contribution < 1.29 is 0 Å². The molecule has 11 nitrogen and oxygen atoms in total. The van der Waals surface area contributed by atoms with Gasteiger partial charge in [0.05, 0.1) is 0 Å². The van der Waals surface area contributed by atoms with E-state index in [1.165, 1.54) is 5.56 Å². The fourth-order valence-electron chi connectivity index (χ4n) is 3.01. The van der Waals surface area contributed by atoms with Gasteiger partial charge >= 0.3 is 0 Å². The first kappa shape index (κ1) is 41.8. The third kappa shape index (κ3) is 15.2. The molecule has 16 heteroatoms. The molecule has 0 bridgehead atoms. The second-order valence-corrected chi connectivity index (χ2v) is 14.5. The maximum absolute atomic E-state index is 5.07. The monoisotopic (exact) mass is 947 g/mol. The normalized spacial score (nSPS) is 12.3. The molecule has 5 rings (SSSR count). The van der Waals surface area contributed by atoms with E-state index >= 15 is 0 Å². The molecular formula is C30H38Br5N11. The van der Waals surface area contributed by atoms with Crippen LogP contribution in [0.2, 0.25) is 0 Å². The Morgan fingerprint density at radius 1 is 0.761 bits per heavy atom. The number of hydrazine groups is 2. The quantitative estimate of drug-likeness (QED) is 0.0578. The van der Waals surface area contributed by atoms with Crippen molar-refractivity contribution in [2.75, 3.05) is 10.9 Å². The fraction of sp³-hybridized carbons (Fsp3) is 0.267. The molecule has 4 aromatic heterocycles. The number of anilines is 2. The van der Waals surface area contributed by atoms with Crippen molar-refractivity contribution >= 4 is 109 Å². The first-order valence-electron chi connectivity index (χ1n) is 13.5. The van der Waals surface area contributed by atoms with Gasteiger partial charge in [0.25, 0.3) is 0 Å². The molecule has 5 heterocycles. The van der Waals surface area contributed by atoms with E-state index < -0.39 is 0 Å². The van der Waals surface area contributed by atoms with Crippen LogP contribution in [0.15, 0.2) is 99.8 Å². The summed E-state index contributed by atoms with van der Waals surface area (Å²) in [6.45, 7) is 12.6. The van der Waals surface area contributed by atoms with Gasteiger partial charge in [0.1, 0.15) is 16.2 Å². The highest BCUT2D eigenvalue weighted by atomic mass is 79.9. The van der Waals surface area contributed by atoms with E-state index in [1.54, 1.807) is 30.9 Å². The third-order valence-corrected chi connectivity index (χ3v) is 8.47. The largest absolute Gasteiger partial charge is 0.308 e. The summed E-state index contributed by atoms with van der Waals surface area (Å²) in [7, 11) is 0. The Kier molecular flexibility index (Phi) is 19.7. The van der Waals surface area contributed by atoms with Crippen molar-refractivity contribution in [3.8, 4) is 0 Å². The second kappa shape index (κ2) is 21.6. The summed E-state index contributed by atoms with van der Waals surface area (Å²) >= 11 is 16.5. The highest BCUT2D eigenvalue weighted by molar-refractivity contribution is 9.11. The van der Waals surface area contributed by atoms with E-state index in [2.05, 4.69) is 173 Å². The van der Waals surface area contributed by atoms with Crippen LogP contribution in [0, 0.1) is 5.92 Å². The average Bonchev–Trinajstić information content (AvgIpc) is 3.27. The van der Waals surface area contributed by atoms with E-state index in [9.17, 15) is 0 Å². The van der Waals surface area contributed by atoms with Gasteiger partial charge in [-0.15, -0.1) is 0 Å². The maximum atomic E-state index is 5.07. The predicted molar refractivity (Wildman–Crippen MR) is 209 cm³/mol. The summed E-state index contributed by atoms with van der Waals surface area (Å²) in [5, 5.41) is 4.21. The van der Waals surface area contributed by atoms with Crippen LogP contribution >= 0.6 is 79.6 Å². The Labute approximate surface area is 312 Å².